The molecule has 8 heteroatoms. The molecule has 0 aromatic heterocycles. The Labute approximate surface area is 206 Å². The molecule has 4 aliphatic rings. The summed E-state index contributed by atoms with van der Waals surface area (Å²) in [4.78, 5) is 12.8. The average Bonchev–Trinajstić information content (AvgIpc) is 2.76. The number of benzene rings is 2. The summed E-state index contributed by atoms with van der Waals surface area (Å²) in [5.41, 5.74) is 2.66. The number of hydrogen-bond donors (Lipinski definition) is 1. The number of anilines is 2. The predicted molar refractivity (Wildman–Crippen MR) is 135 cm³/mol. The third-order valence-electron chi connectivity index (χ3n) is 7.93. The van der Waals surface area contributed by atoms with Gasteiger partial charge in [0.2, 0.25) is 15.9 Å². The number of rotatable bonds is 7. The number of ether oxygens (including phenoxy) is 1. The summed E-state index contributed by atoms with van der Waals surface area (Å²) >= 11 is 6.17. The van der Waals surface area contributed by atoms with E-state index in [4.69, 9.17) is 16.3 Å². The van der Waals surface area contributed by atoms with Gasteiger partial charge in [-0.05, 0) is 97.6 Å². The van der Waals surface area contributed by atoms with Gasteiger partial charge in [-0.15, -0.1) is 0 Å². The largest absolute Gasteiger partial charge is 0.495 e. The van der Waals surface area contributed by atoms with Crippen molar-refractivity contribution in [3.63, 3.8) is 0 Å². The molecular weight excluding hydrogens is 472 g/mol. The number of nitrogens with one attached hydrogen (secondary N) is 1. The molecule has 4 fully saturated rings. The number of amides is 1. The lowest BCUT2D eigenvalue weighted by molar-refractivity contribution is -0.114. The number of nitrogens with zero attached hydrogens (tertiary/aromatic N) is 1. The minimum absolute atomic E-state index is 0.273. The number of carbonyl (C=O) groups excluding carboxylic acids is 1. The zero-order valence-electron chi connectivity index (χ0n) is 19.6. The van der Waals surface area contributed by atoms with Crippen LogP contribution in [0, 0.1) is 17.8 Å². The van der Waals surface area contributed by atoms with E-state index in [1.54, 1.807) is 12.1 Å². The Morgan fingerprint density at radius 3 is 2.15 bits per heavy atom. The fourth-order valence-corrected chi connectivity index (χ4v) is 8.01. The molecule has 6 rings (SSSR count). The Hall–Kier alpha value is -2.25. The van der Waals surface area contributed by atoms with Gasteiger partial charge < -0.3 is 10.1 Å². The fraction of sp³-hybridized carbons (Fsp3) is 0.500. The van der Waals surface area contributed by atoms with Crippen LogP contribution in [0.15, 0.2) is 42.5 Å². The minimum Gasteiger partial charge on any atom is -0.495 e. The van der Waals surface area contributed by atoms with Crippen molar-refractivity contribution in [1.29, 1.82) is 0 Å². The van der Waals surface area contributed by atoms with Crippen molar-refractivity contribution >= 4 is 38.9 Å². The van der Waals surface area contributed by atoms with Gasteiger partial charge in [-0.2, -0.15) is 0 Å². The van der Waals surface area contributed by atoms with Crippen LogP contribution in [0.5, 0.6) is 5.75 Å². The molecule has 4 saturated carbocycles. The highest BCUT2D eigenvalue weighted by Gasteiger charge is 2.51. The molecular formula is C26H31ClN2O4S. The van der Waals surface area contributed by atoms with E-state index in [2.05, 4.69) is 17.4 Å². The maximum atomic E-state index is 12.8. The van der Waals surface area contributed by atoms with E-state index in [1.807, 2.05) is 12.1 Å². The third kappa shape index (κ3) is 4.52. The van der Waals surface area contributed by atoms with Crippen LogP contribution in [0.25, 0.3) is 0 Å². The lowest BCUT2D eigenvalue weighted by Gasteiger charge is -2.57. The zero-order valence-corrected chi connectivity index (χ0v) is 21.2. The second kappa shape index (κ2) is 8.76. The van der Waals surface area contributed by atoms with E-state index < -0.39 is 15.9 Å². The number of halogens is 1. The van der Waals surface area contributed by atoms with Gasteiger partial charge in [0.25, 0.3) is 0 Å². The first kappa shape index (κ1) is 23.5. The van der Waals surface area contributed by atoms with Crippen molar-refractivity contribution in [3.05, 3.63) is 53.1 Å². The summed E-state index contributed by atoms with van der Waals surface area (Å²) in [5, 5.41) is 3.12. The Kier molecular flexibility index (Phi) is 6.05. The standard InChI is InChI=1S/C26H31ClN2O4S/c1-33-24-8-7-22(12-23(24)27)29(34(2,31)32)16-25(30)28-21-5-3-20(4-6-21)26-13-17-9-18(14-26)11-19(10-17)15-26/h3-8,12,17-19H,9-11,13-16H2,1-2H3,(H,28,30). The summed E-state index contributed by atoms with van der Waals surface area (Å²) < 4.78 is 31.0. The van der Waals surface area contributed by atoms with Gasteiger partial charge in [-0.1, -0.05) is 23.7 Å². The molecule has 2 aromatic rings. The van der Waals surface area contributed by atoms with Crippen molar-refractivity contribution < 1.29 is 17.9 Å². The lowest BCUT2D eigenvalue weighted by atomic mass is 9.48. The van der Waals surface area contributed by atoms with Crippen molar-refractivity contribution in [2.24, 2.45) is 17.8 Å². The van der Waals surface area contributed by atoms with E-state index in [1.165, 1.54) is 57.3 Å². The Bertz CT molecular complexity index is 1160. The van der Waals surface area contributed by atoms with Crippen molar-refractivity contribution in [2.45, 2.75) is 43.9 Å². The molecule has 0 saturated heterocycles. The van der Waals surface area contributed by atoms with Crippen LogP contribution in [0.2, 0.25) is 5.02 Å². The van der Waals surface area contributed by atoms with E-state index in [9.17, 15) is 13.2 Å². The van der Waals surface area contributed by atoms with Gasteiger partial charge in [0, 0.05) is 5.69 Å². The van der Waals surface area contributed by atoms with E-state index in [0.29, 0.717) is 22.5 Å². The van der Waals surface area contributed by atoms with Gasteiger partial charge in [0.1, 0.15) is 12.3 Å². The summed E-state index contributed by atoms with van der Waals surface area (Å²) in [7, 11) is -2.22. The van der Waals surface area contributed by atoms with Crippen LogP contribution in [0.3, 0.4) is 0 Å². The lowest BCUT2D eigenvalue weighted by Crippen LogP contribution is -2.48. The first-order chi connectivity index (χ1) is 16.1. The van der Waals surface area contributed by atoms with Crippen LogP contribution in [0.1, 0.15) is 44.1 Å². The quantitative estimate of drug-likeness (QED) is 0.563. The third-order valence-corrected chi connectivity index (χ3v) is 9.37. The topological polar surface area (TPSA) is 75.7 Å². The molecule has 4 bridgehead atoms. The van der Waals surface area contributed by atoms with Crippen LogP contribution in [-0.2, 0) is 20.2 Å². The molecule has 2 aromatic carbocycles. The summed E-state index contributed by atoms with van der Waals surface area (Å²) in [6.45, 7) is -0.349. The molecule has 0 unspecified atom stereocenters. The Morgan fingerprint density at radius 1 is 1.06 bits per heavy atom. The van der Waals surface area contributed by atoms with E-state index >= 15 is 0 Å². The minimum atomic E-state index is -3.70. The van der Waals surface area contributed by atoms with Crippen LogP contribution < -0.4 is 14.4 Å². The average molecular weight is 503 g/mol. The summed E-state index contributed by atoms with van der Waals surface area (Å²) in [6.07, 6.45) is 9.16. The SMILES string of the molecule is COc1ccc(N(CC(=O)Nc2ccc(C34CC5CC(CC(C5)C3)C4)cc2)S(C)(=O)=O)cc1Cl. The van der Waals surface area contributed by atoms with Gasteiger partial charge in [-0.25, -0.2) is 8.42 Å². The highest BCUT2D eigenvalue weighted by molar-refractivity contribution is 7.92. The molecule has 0 spiro atoms. The van der Waals surface area contributed by atoms with Gasteiger partial charge in [0.05, 0.1) is 24.1 Å². The molecule has 0 atom stereocenters. The van der Waals surface area contributed by atoms with E-state index in [-0.39, 0.29) is 11.6 Å². The van der Waals surface area contributed by atoms with Crippen LogP contribution in [-0.4, -0.2) is 34.2 Å². The Morgan fingerprint density at radius 2 is 1.65 bits per heavy atom. The molecule has 0 radical (unpaired) electrons. The van der Waals surface area contributed by atoms with Crippen LogP contribution in [0.4, 0.5) is 11.4 Å². The van der Waals surface area contributed by atoms with Gasteiger partial charge in [-0.3, -0.25) is 9.10 Å². The number of hydrogen-bond acceptors (Lipinski definition) is 4. The first-order valence-corrected chi connectivity index (χ1v) is 14.1. The van der Waals surface area contributed by atoms with Crippen LogP contribution >= 0.6 is 11.6 Å². The maximum absolute atomic E-state index is 12.8. The summed E-state index contributed by atoms with van der Waals surface area (Å²) in [6, 6.07) is 12.8. The van der Waals surface area contributed by atoms with Crippen molar-refractivity contribution in [1.82, 2.24) is 0 Å². The van der Waals surface area contributed by atoms with Crippen molar-refractivity contribution in [3.8, 4) is 5.75 Å². The highest BCUT2D eigenvalue weighted by Crippen LogP contribution is 2.60. The zero-order chi connectivity index (χ0) is 24.1. The molecule has 1 N–H and O–H groups in total. The second-order valence-corrected chi connectivity index (χ2v) is 12.7. The number of sulfonamides is 1. The second-order valence-electron chi connectivity index (χ2n) is 10.4. The Balaban J connectivity index is 1.29. The molecule has 1 amide bonds. The van der Waals surface area contributed by atoms with E-state index in [0.717, 1.165) is 28.3 Å². The monoisotopic (exact) mass is 502 g/mol. The molecule has 6 nitrogen and oxygen atoms in total. The van der Waals surface area contributed by atoms with Gasteiger partial charge in [0.15, 0.2) is 0 Å². The molecule has 4 aliphatic carbocycles. The molecule has 182 valence electrons. The van der Waals surface area contributed by atoms with Crippen molar-refractivity contribution in [2.75, 3.05) is 29.5 Å². The molecule has 0 aliphatic heterocycles. The highest BCUT2D eigenvalue weighted by atomic mass is 35.5. The number of methoxy groups -OCH3 is 1. The maximum Gasteiger partial charge on any atom is 0.245 e. The summed E-state index contributed by atoms with van der Waals surface area (Å²) in [5.74, 6) is 2.64. The molecule has 34 heavy (non-hydrogen) atoms. The molecule has 0 heterocycles. The fourth-order valence-electron chi connectivity index (χ4n) is 6.91. The van der Waals surface area contributed by atoms with Gasteiger partial charge >= 0.3 is 0 Å². The predicted octanol–water partition coefficient (Wildman–Crippen LogP) is 5.22. The first-order valence-electron chi connectivity index (χ1n) is 11.9. The normalized spacial score (nSPS) is 27.4. The number of carbonyl (C=O) groups is 1. The smallest absolute Gasteiger partial charge is 0.245 e.